The van der Waals surface area contributed by atoms with Crippen LogP contribution in [0.15, 0.2) is 36.7 Å². The lowest BCUT2D eigenvalue weighted by atomic mass is 9.98. The average Bonchev–Trinajstić information content (AvgIpc) is 3.07. The van der Waals surface area contributed by atoms with Crippen LogP contribution in [0, 0.1) is 5.92 Å². The molecule has 2 heterocycles. The highest BCUT2D eigenvalue weighted by molar-refractivity contribution is 7.87. The van der Waals surface area contributed by atoms with Gasteiger partial charge < -0.3 is 9.47 Å². The molecular formula is C17H23ClN4O4S. The van der Waals surface area contributed by atoms with Gasteiger partial charge in [0.25, 0.3) is 10.2 Å². The maximum Gasteiger partial charge on any atom is 0.279 e. The molecule has 0 radical (unpaired) electrons. The van der Waals surface area contributed by atoms with Crippen LogP contribution >= 0.6 is 11.6 Å². The van der Waals surface area contributed by atoms with Crippen molar-refractivity contribution in [3.8, 4) is 11.4 Å². The largest absolute Gasteiger partial charge is 0.493 e. The van der Waals surface area contributed by atoms with Crippen molar-refractivity contribution in [3.63, 3.8) is 0 Å². The third-order valence-corrected chi connectivity index (χ3v) is 6.13. The minimum absolute atomic E-state index is 0.0712. The SMILES string of the molecule is CN(C)S(=O)(=O)N[C@H]1CCOC[C@@H]1COc1ccc(-n2cc(Cl)cn2)cc1. The number of rotatable bonds is 7. The van der Waals surface area contributed by atoms with Gasteiger partial charge >= 0.3 is 0 Å². The molecule has 0 spiro atoms. The minimum Gasteiger partial charge on any atom is -0.493 e. The lowest BCUT2D eigenvalue weighted by Crippen LogP contribution is -2.50. The van der Waals surface area contributed by atoms with Crippen LogP contribution in [0.2, 0.25) is 5.02 Å². The lowest BCUT2D eigenvalue weighted by molar-refractivity contribution is 0.0183. The van der Waals surface area contributed by atoms with E-state index in [1.54, 1.807) is 17.1 Å². The second-order valence-electron chi connectivity index (χ2n) is 6.54. The van der Waals surface area contributed by atoms with Crippen molar-refractivity contribution in [2.45, 2.75) is 12.5 Å². The predicted octanol–water partition coefficient (Wildman–Crippen LogP) is 1.71. The Morgan fingerprint density at radius 1 is 1.37 bits per heavy atom. The number of halogens is 1. The smallest absolute Gasteiger partial charge is 0.279 e. The summed E-state index contributed by atoms with van der Waals surface area (Å²) in [6.45, 7) is 1.33. The molecule has 3 rings (SSSR count). The van der Waals surface area contributed by atoms with E-state index < -0.39 is 10.2 Å². The van der Waals surface area contributed by atoms with E-state index in [9.17, 15) is 8.42 Å². The van der Waals surface area contributed by atoms with E-state index in [1.165, 1.54) is 18.4 Å². The molecule has 2 aromatic rings. The Morgan fingerprint density at radius 2 is 2.11 bits per heavy atom. The van der Waals surface area contributed by atoms with Crippen LogP contribution in [-0.4, -0.2) is 62.5 Å². The fourth-order valence-corrected chi connectivity index (χ4v) is 3.79. The van der Waals surface area contributed by atoms with E-state index in [0.29, 0.717) is 37.0 Å². The van der Waals surface area contributed by atoms with Gasteiger partial charge in [0.1, 0.15) is 5.75 Å². The molecule has 1 N–H and O–H groups in total. The molecule has 27 heavy (non-hydrogen) atoms. The van der Waals surface area contributed by atoms with Gasteiger partial charge in [0, 0.05) is 38.9 Å². The molecule has 10 heteroatoms. The maximum atomic E-state index is 12.1. The molecule has 0 saturated carbocycles. The standard InChI is InChI=1S/C17H23ClN4O4S/c1-21(2)27(23,24)20-17-7-8-25-11-13(17)12-26-16-5-3-15(4-6-16)22-10-14(18)9-19-22/h3-6,9-10,13,17,20H,7-8,11-12H2,1-2H3/t13-,17+/m1/s1. The molecule has 1 aromatic heterocycles. The van der Waals surface area contributed by atoms with Gasteiger partial charge in [-0.05, 0) is 30.7 Å². The average molecular weight is 415 g/mol. The molecule has 1 aliphatic heterocycles. The highest BCUT2D eigenvalue weighted by atomic mass is 35.5. The molecule has 8 nitrogen and oxygen atoms in total. The van der Waals surface area contributed by atoms with E-state index >= 15 is 0 Å². The van der Waals surface area contributed by atoms with Gasteiger partial charge in [-0.15, -0.1) is 0 Å². The fraction of sp³-hybridized carbons (Fsp3) is 0.471. The van der Waals surface area contributed by atoms with Gasteiger partial charge in [0.15, 0.2) is 0 Å². The normalized spacial score (nSPS) is 20.7. The number of nitrogens with zero attached hydrogens (tertiary/aromatic N) is 3. The molecule has 0 unspecified atom stereocenters. The van der Waals surface area contributed by atoms with Crippen LogP contribution in [0.1, 0.15) is 6.42 Å². The van der Waals surface area contributed by atoms with Crippen molar-refractivity contribution in [2.75, 3.05) is 33.9 Å². The summed E-state index contributed by atoms with van der Waals surface area (Å²) in [7, 11) is -0.493. The zero-order valence-electron chi connectivity index (χ0n) is 15.2. The fourth-order valence-electron chi connectivity index (χ4n) is 2.75. The molecule has 1 aliphatic rings. The Labute approximate surface area is 164 Å². The monoisotopic (exact) mass is 414 g/mol. The van der Waals surface area contributed by atoms with Gasteiger partial charge in [-0.25, -0.2) is 4.68 Å². The van der Waals surface area contributed by atoms with Crippen molar-refractivity contribution in [1.82, 2.24) is 18.8 Å². The van der Waals surface area contributed by atoms with E-state index in [4.69, 9.17) is 21.1 Å². The Morgan fingerprint density at radius 3 is 2.74 bits per heavy atom. The molecule has 1 saturated heterocycles. The van der Waals surface area contributed by atoms with Crippen LogP contribution in [-0.2, 0) is 14.9 Å². The molecule has 0 amide bonds. The summed E-state index contributed by atoms with van der Waals surface area (Å²) in [4.78, 5) is 0. The summed E-state index contributed by atoms with van der Waals surface area (Å²) in [5.41, 5.74) is 0.867. The number of hydrogen-bond acceptors (Lipinski definition) is 5. The van der Waals surface area contributed by atoms with Gasteiger partial charge in [0.2, 0.25) is 0 Å². The Kier molecular flexibility index (Phi) is 6.38. The number of hydrogen-bond donors (Lipinski definition) is 1. The molecule has 1 fully saturated rings. The first-order valence-corrected chi connectivity index (χ1v) is 10.4. The van der Waals surface area contributed by atoms with Crippen LogP contribution in [0.5, 0.6) is 5.75 Å². The van der Waals surface area contributed by atoms with Gasteiger partial charge in [-0.3, -0.25) is 0 Å². The van der Waals surface area contributed by atoms with Crippen molar-refractivity contribution in [3.05, 3.63) is 41.7 Å². The van der Waals surface area contributed by atoms with Crippen LogP contribution < -0.4 is 9.46 Å². The first-order valence-electron chi connectivity index (χ1n) is 8.56. The van der Waals surface area contributed by atoms with Crippen molar-refractivity contribution < 1.29 is 17.9 Å². The highest BCUT2D eigenvalue weighted by Crippen LogP contribution is 2.20. The molecular weight excluding hydrogens is 392 g/mol. The van der Waals surface area contributed by atoms with Crippen LogP contribution in [0.4, 0.5) is 0 Å². The minimum atomic E-state index is -3.50. The number of ether oxygens (including phenoxy) is 2. The molecule has 148 valence electrons. The Bertz CT molecular complexity index is 854. The van der Waals surface area contributed by atoms with Crippen molar-refractivity contribution >= 4 is 21.8 Å². The Hall–Kier alpha value is -1.65. The second kappa shape index (κ2) is 8.57. The van der Waals surface area contributed by atoms with E-state index in [1.807, 2.05) is 24.3 Å². The van der Waals surface area contributed by atoms with Crippen LogP contribution in [0.25, 0.3) is 5.69 Å². The topological polar surface area (TPSA) is 85.7 Å². The zero-order valence-corrected chi connectivity index (χ0v) is 16.8. The van der Waals surface area contributed by atoms with E-state index in [0.717, 1.165) is 5.69 Å². The summed E-state index contributed by atoms with van der Waals surface area (Å²) in [5, 5.41) is 4.72. The van der Waals surface area contributed by atoms with Crippen molar-refractivity contribution in [1.29, 1.82) is 0 Å². The number of nitrogens with one attached hydrogen (secondary N) is 1. The summed E-state index contributed by atoms with van der Waals surface area (Å²) in [6, 6.07) is 7.21. The number of benzene rings is 1. The summed E-state index contributed by atoms with van der Waals surface area (Å²) < 4.78 is 41.1. The highest BCUT2D eigenvalue weighted by Gasteiger charge is 2.30. The Balaban J connectivity index is 1.60. The quantitative estimate of drug-likeness (QED) is 0.745. The van der Waals surface area contributed by atoms with Gasteiger partial charge in [-0.1, -0.05) is 11.6 Å². The third kappa shape index (κ3) is 5.20. The van der Waals surface area contributed by atoms with Gasteiger partial charge in [0.05, 0.1) is 30.1 Å². The van der Waals surface area contributed by atoms with E-state index in [2.05, 4.69) is 9.82 Å². The third-order valence-electron chi connectivity index (χ3n) is 4.37. The molecule has 0 bridgehead atoms. The molecule has 2 atom stereocenters. The first kappa shape index (κ1) is 20.1. The number of aromatic nitrogens is 2. The lowest BCUT2D eigenvalue weighted by Gasteiger charge is -2.32. The van der Waals surface area contributed by atoms with Gasteiger partial charge in [-0.2, -0.15) is 22.5 Å². The second-order valence-corrected chi connectivity index (χ2v) is 8.90. The predicted molar refractivity (Wildman–Crippen MR) is 103 cm³/mol. The van der Waals surface area contributed by atoms with E-state index in [-0.39, 0.29) is 12.0 Å². The van der Waals surface area contributed by atoms with Crippen LogP contribution in [0.3, 0.4) is 0 Å². The summed E-state index contributed by atoms with van der Waals surface area (Å²) in [6.07, 6.45) is 3.91. The maximum absolute atomic E-state index is 12.1. The summed E-state index contributed by atoms with van der Waals surface area (Å²) in [5.74, 6) is 0.620. The zero-order chi connectivity index (χ0) is 19.4. The van der Waals surface area contributed by atoms with Crippen molar-refractivity contribution in [2.24, 2.45) is 5.92 Å². The first-order chi connectivity index (χ1) is 12.8. The summed E-state index contributed by atoms with van der Waals surface area (Å²) >= 11 is 5.88. The molecule has 1 aromatic carbocycles. The molecule has 0 aliphatic carbocycles.